The van der Waals surface area contributed by atoms with Crippen molar-refractivity contribution in [2.24, 2.45) is 0 Å². The number of carbonyl (C=O) groups excluding carboxylic acids is 1. The number of nitrogens with zero attached hydrogens (tertiary/aromatic N) is 1. The molecule has 0 unspecified atom stereocenters. The van der Waals surface area contributed by atoms with Crippen LogP contribution < -0.4 is 15.8 Å². The quantitative estimate of drug-likeness (QED) is 0.701. The van der Waals surface area contributed by atoms with Gasteiger partial charge in [0.2, 0.25) is 5.91 Å². The summed E-state index contributed by atoms with van der Waals surface area (Å²) in [5.41, 5.74) is 6.26. The largest absolute Gasteiger partial charge is 0.493 e. The molecule has 3 N–H and O–H groups in total. The van der Waals surface area contributed by atoms with Gasteiger partial charge in [0.25, 0.3) is 0 Å². The molecule has 0 fully saturated rings. The molecule has 1 rings (SSSR count). The highest BCUT2D eigenvalue weighted by Gasteiger charge is 2.01. The first-order valence-corrected chi connectivity index (χ1v) is 5.97. The van der Waals surface area contributed by atoms with E-state index in [1.54, 1.807) is 24.3 Å². The Hall–Kier alpha value is -1.75. The number of hydrogen-bond acceptors (Lipinski definition) is 4. The topological polar surface area (TPSA) is 67.6 Å². The lowest BCUT2D eigenvalue weighted by Crippen LogP contribution is -2.32. The minimum atomic E-state index is 0.00675. The normalized spacial score (nSPS) is 10.4. The number of amides is 1. The van der Waals surface area contributed by atoms with Gasteiger partial charge in [0.05, 0.1) is 13.0 Å². The second-order valence-corrected chi connectivity index (χ2v) is 4.32. The minimum absolute atomic E-state index is 0.00675. The Morgan fingerprint density at radius 2 is 2.00 bits per heavy atom. The fourth-order valence-electron chi connectivity index (χ4n) is 1.33. The number of nitrogen functional groups attached to an aromatic ring is 1. The van der Waals surface area contributed by atoms with Crippen LogP contribution in [0.2, 0.25) is 0 Å². The first kappa shape index (κ1) is 14.3. The SMILES string of the molecule is CN(C)CCNC(=O)CCOc1ccc(N)cc1. The highest BCUT2D eigenvalue weighted by molar-refractivity contribution is 5.75. The number of likely N-dealkylation sites (N-methyl/N-ethyl adjacent to an activating group) is 1. The van der Waals surface area contributed by atoms with Crippen LogP contribution in [0, 0.1) is 0 Å². The van der Waals surface area contributed by atoms with E-state index in [1.807, 2.05) is 19.0 Å². The highest BCUT2D eigenvalue weighted by atomic mass is 16.5. The van der Waals surface area contributed by atoms with Gasteiger partial charge >= 0.3 is 0 Å². The summed E-state index contributed by atoms with van der Waals surface area (Å²) in [4.78, 5) is 13.5. The second kappa shape index (κ2) is 7.55. The van der Waals surface area contributed by atoms with E-state index in [0.29, 0.717) is 25.3 Å². The summed E-state index contributed by atoms with van der Waals surface area (Å²) in [6.07, 6.45) is 0.359. The Labute approximate surface area is 108 Å². The fraction of sp³-hybridized carbons (Fsp3) is 0.462. The number of ether oxygens (including phenoxy) is 1. The van der Waals surface area contributed by atoms with Gasteiger partial charge in [0.15, 0.2) is 0 Å². The van der Waals surface area contributed by atoms with Crippen molar-refractivity contribution < 1.29 is 9.53 Å². The summed E-state index contributed by atoms with van der Waals surface area (Å²) < 4.78 is 5.43. The summed E-state index contributed by atoms with van der Waals surface area (Å²) in [6.45, 7) is 1.87. The van der Waals surface area contributed by atoms with Crippen LogP contribution >= 0.6 is 0 Å². The zero-order valence-corrected chi connectivity index (χ0v) is 11.0. The molecule has 5 heteroatoms. The molecule has 0 bridgehead atoms. The van der Waals surface area contributed by atoms with Gasteiger partial charge < -0.3 is 20.7 Å². The first-order valence-electron chi connectivity index (χ1n) is 5.97. The molecule has 0 atom stereocenters. The van der Waals surface area contributed by atoms with E-state index in [9.17, 15) is 4.79 Å². The molecule has 0 spiro atoms. The average molecular weight is 251 g/mol. The number of nitrogens with one attached hydrogen (secondary N) is 1. The molecule has 0 aliphatic carbocycles. The minimum Gasteiger partial charge on any atom is -0.493 e. The number of anilines is 1. The van der Waals surface area contributed by atoms with E-state index >= 15 is 0 Å². The van der Waals surface area contributed by atoms with Gasteiger partial charge in [-0.25, -0.2) is 0 Å². The van der Waals surface area contributed by atoms with Gasteiger partial charge in [-0.15, -0.1) is 0 Å². The van der Waals surface area contributed by atoms with E-state index in [1.165, 1.54) is 0 Å². The number of carbonyl (C=O) groups is 1. The fourth-order valence-corrected chi connectivity index (χ4v) is 1.33. The van der Waals surface area contributed by atoms with Gasteiger partial charge in [0, 0.05) is 18.8 Å². The third-order valence-corrected chi connectivity index (χ3v) is 2.36. The Kier molecular flexibility index (Phi) is 6.00. The molecule has 0 saturated carbocycles. The van der Waals surface area contributed by atoms with Gasteiger partial charge in [0.1, 0.15) is 5.75 Å². The lowest BCUT2D eigenvalue weighted by molar-refractivity contribution is -0.121. The molecule has 1 amide bonds. The summed E-state index contributed by atoms with van der Waals surface area (Å²) >= 11 is 0. The van der Waals surface area contributed by atoms with Crippen LogP contribution in [0.3, 0.4) is 0 Å². The van der Waals surface area contributed by atoms with Crippen molar-refractivity contribution in [3.8, 4) is 5.75 Å². The van der Waals surface area contributed by atoms with Crippen molar-refractivity contribution in [3.05, 3.63) is 24.3 Å². The smallest absolute Gasteiger partial charge is 0.223 e. The highest BCUT2D eigenvalue weighted by Crippen LogP contribution is 2.12. The van der Waals surface area contributed by atoms with E-state index in [-0.39, 0.29) is 5.91 Å². The van der Waals surface area contributed by atoms with Crippen LogP contribution in [0.4, 0.5) is 5.69 Å². The predicted molar refractivity (Wildman–Crippen MR) is 72.5 cm³/mol. The van der Waals surface area contributed by atoms with E-state index in [0.717, 1.165) is 12.3 Å². The molecule has 5 nitrogen and oxygen atoms in total. The summed E-state index contributed by atoms with van der Waals surface area (Å²) in [6, 6.07) is 7.12. The number of hydrogen-bond donors (Lipinski definition) is 2. The lowest BCUT2D eigenvalue weighted by atomic mass is 10.3. The Morgan fingerprint density at radius 3 is 2.61 bits per heavy atom. The molecule has 0 aliphatic heterocycles. The maximum Gasteiger partial charge on any atom is 0.223 e. The Bertz CT molecular complexity index is 363. The molecule has 0 saturated heterocycles. The molecule has 0 aliphatic rings. The van der Waals surface area contributed by atoms with Gasteiger partial charge in [-0.2, -0.15) is 0 Å². The zero-order chi connectivity index (χ0) is 13.4. The van der Waals surface area contributed by atoms with Crippen LogP contribution in [0.1, 0.15) is 6.42 Å². The van der Waals surface area contributed by atoms with Gasteiger partial charge in [-0.05, 0) is 38.4 Å². The van der Waals surface area contributed by atoms with Crippen LogP contribution in [-0.2, 0) is 4.79 Å². The van der Waals surface area contributed by atoms with Crippen molar-refractivity contribution in [2.45, 2.75) is 6.42 Å². The summed E-state index contributed by atoms with van der Waals surface area (Å²) in [5.74, 6) is 0.734. The van der Waals surface area contributed by atoms with Crippen molar-refractivity contribution in [3.63, 3.8) is 0 Å². The van der Waals surface area contributed by atoms with Crippen LogP contribution in [-0.4, -0.2) is 44.6 Å². The zero-order valence-electron chi connectivity index (χ0n) is 11.0. The van der Waals surface area contributed by atoms with E-state index in [2.05, 4.69) is 5.32 Å². The van der Waals surface area contributed by atoms with Crippen LogP contribution in [0.15, 0.2) is 24.3 Å². The predicted octanol–water partition coefficient (Wildman–Crippen LogP) is 0.715. The number of rotatable bonds is 7. The standard InChI is InChI=1S/C13H21N3O2/c1-16(2)9-8-15-13(17)7-10-18-12-5-3-11(14)4-6-12/h3-6H,7-10,14H2,1-2H3,(H,15,17). The van der Waals surface area contributed by atoms with Gasteiger partial charge in [-0.3, -0.25) is 4.79 Å². The first-order chi connectivity index (χ1) is 8.58. The third-order valence-electron chi connectivity index (χ3n) is 2.36. The maximum absolute atomic E-state index is 11.4. The molecule has 1 aromatic rings. The molecule has 0 heterocycles. The molecular formula is C13H21N3O2. The summed E-state index contributed by atoms with van der Waals surface area (Å²) in [7, 11) is 3.94. The maximum atomic E-state index is 11.4. The second-order valence-electron chi connectivity index (χ2n) is 4.32. The third kappa shape index (κ3) is 6.10. The molecule has 100 valence electrons. The van der Waals surface area contributed by atoms with Gasteiger partial charge in [-0.1, -0.05) is 0 Å². The Balaban J connectivity index is 2.13. The van der Waals surface area contributed by atoms with Crippen molar-refractivity contribution >= 4 is 11.6 Å². The van der Waals surface area contributed by atoms with E-state index in [4.69, 9.17) is 10.5 Å². The van der Waals surface area contributed by atoms with Crippen LogP contribution in [0.25, 0.3) is 0 Å². The lowest BCUT2D eigenvalue weighted by Gasteiger charge is -2.10. The van der Waals surface area contributed by atoms with Crippen LogP contribution in [0.5, 0.6) is 5.75 Å². The summed E-state index contributed by atoms with van der Waals surface area (Å²) in [5, 5.41) is 2.83. The van der Waals surface area contributed by atoms with Crippen molar-refractivity contribution in [1.82, 2.24) is 10.2 Å². The molecule has 1 aromatic carbocycles. The Morgan fingerprint density at radius 1 is 1.33 bits per heavy atom. The molecule has 18 heavy (non-hydrogen) atoms. The van der Waals surface area contributed by atoms with Crippen molar-refractivity contribution in [1.29, 1.82) is 0 Å². The van der Waals surface area contributed by atoms with E-state index < -0.39 is 0 Å². The monoisotopic (exact) mass is 251 g/mol. The molecule has 0 aromatic heterocycles. The number of benzene rings is 1. The number of nitrogens with two attached hydrogens (primary N) is 1. The molecule has 0 radical (unpaired) electrons. The average Bonchev–Trinajstić information content (AvgIpc) is 2.31. The molecular weight excluding hydrogens is 230 g/mol. The van der Waals surface area contributed by atoms with Crippen molar-refractivity contribution in [2.75, 3.05) is 39.5 Å².